The first-order valence-electron chi connectivity index (χ1n) is 7.40. The van der Waals surface area contributed by atoms with E-state index in [-0.39, 0.29) is 11.8 Å². The number of benzene rings is 1. The monoisotopic (exact) mass is 293 g/mol. The van der Waals surface area contributed by atoms with Gasteiger partial charge in [-0.1, -0.05) is 12.8 Å². The molecule has 1 fully saturated rings. The predicted octanol–water partition coefficient (Wildman–Crippen LogP) is 2.79. The highest BCUT2D eigenvalue weighted by molar-refractivity contribution is 5.73. The van der Waals surface area contributed by atoms with E-state index >= 15 is 0 Å². The minimum absolute atomic E-state index is 0.167. The molecule has 5 heteroatoms. The van der Waals surface area contributed by atoms with Gasteiger partial charge in [-0.25, -0.2) is 0 Å². The Morgan fingerprint density at radius 2 is 2.14 bits per heavy atom. The van der Waals surface area contributed by atoms with E-state index in [4.69, 9.17) is 4.74 Å². The lowest BCUT2D eigenvalue weighted by Gasteiger charge is -2.33. The Hall–Kier alpha value is -1.75. The molecule has 116 valence electrons. The average molecular weight is 293 g/mol. The number of phenols is 1. The molecule has 1 saturated heterocycles. The third kappa shape index (κ3) is 3.47. The summed E-state index contributed by atoms with van der Waals surface area (Å²) in [5.41, 5.74) is 0.711. The van der Waals surface area contributed by atoms with E-state index in [1.807, 2.05) is 11.8 Å². The van der Waals surface area contributed by atoms with Gasteiger partial charge in [0.2, 0.25) is 0 Å². The highest BCUT2D eigenvalue weighted by atomic mass is 16.5. The Morgan fingerprint density at radius 1 is 1.38 bits per heavy atom. The number of phenolic OH excluding ortho intramolecular Hbond substituents is 1. The van der Waals surface area contributed by atoms with Crippen LogP contribution in [0.1, 0.15) is 44.2 Å². The van der Waals surface area contributed by atoms with Crippen LogP contribution in [0.3, 0.4) is 0 Å². The third-order valence-corrected chi connectivity index (χ3v) is 4.26. The Morgan fingerprint density at radius 3 is 2.81 bits per heavy atom. The molecule has 1 aliphatic rings. The zero-order valence-corrected chi connectivity index (χ0v) is 12.6. The number of carboxylic acids is 1. The molecule has 0 aromatic heterocycles. The van der Waals surface area contributed by atoms with Gasteiger partial charge in [0.15, 0.2) is 0 Å². The summed E-state index contributed by atoms with van der Waals surface area (Å²) in [5, 5.41) is 19.6. The van der Waals surface area contributed by atoms with Crippen LogP contribution in [0.2, 0.25) is 0 Å². The van der Waals surface area contributed by atoms with Crippen molar-refractivity contribution < 1.29 is 19.7 Å². The number of carboxylic acid groups (broad SMARTS) is 1. The van der Waals surface area contributed by atoms with Crippen LogP contribution in [-0.4, -0.2) is 40.8 Å². The highest BCUT2D eigenvalue weighted by Crippen LogP contribution is 2.34. The van der Waals surface area contributed by atoms with E-state index in [0.717, 1.165) is 25.8 Å². The predicted molar refractivity (Wildman–Crippen MR) is 79.7 cm³/mol. The molecule has 0 saturated carbocycles. The van der Waals surface area contributed by atoms with E-state index in [0.29, 0.717) is 17.7 Å². The largest absolute Gasteiger partial charge is 0.508 e. The van der Waals surface area contributed by atoms with Crippen molar-refractivity contribution in [1.82, 2.24) is 4.90 Å². The van der Waals surface area contributed by atoms with Gasteiger partial charge in [0, 0.05) is 11.6 Å². The van der Waals surface area contributed by atoms with Gasteiger partial charge in [0.05, 0.1) is 7.11 Å². The number of aromatic hydroxyl groups is 1. The first-order valence-corrected chi connectivity index (χ1v) is 7.40. The second-order valence-electron chi connectivity index (χ2n) is 5.54. The minimum Gasteiger partial charge on any atom is -0.508 e. The van der Waals surface area contributed by atoms with E-state index < -0.39 is 12.0 Å². The molecule has 2 unspecified atom stereocenters. The van der Waals surface area contributed by atoms with Crippen LogP contribution in [0.5, 0.6) is 11.5 Å². The van der Waals surface area contributed by atoms with Gasteiger partial charge in [-0.15, -0.1) is 0 Å². The van der Waals surface area contributed by atoms with Crippen LogP contribution in [0.15, 0.2) is 18.2 Å². The molecule has 21 heavy (non-hydrogen) atoms. The zero-order chi connectivity index (χ0) is 15.4. The van der Waals surface area contributed by atoms with Gasteiger partial charge in [-0.3, -0.25) is 9.69 Å². The van der Waals surface area contributed by atoms with Crippen molar-refractivity contribution in [2.75, 3.05) is 13.7 Å². The normalized spacial score (nSPS) is 21.5. The average Bonchev–Trinajstić information content (AvgIpc) is 2.73. The maximum atomic E-state index is 11.5. The van der Waals surface area contributed by atoms with Crippen molar-refractivity contribution >= 4 is 5.97 Å². The fourth-order valence-electron chi connectivity index (χ4n) is 3.03. The maximum absolute atomic E-state index is 11.5. The SMILES string of the molecule is COc1ccc(O)c(C(C)N2CCCCCC2C(=O)O)c1. The van der Waals surface area contributed by atoms with Gasteiger partial charge in [-0.05, 0) is 44.5 Å². The molecule has 2 N–H and O–H groups in total. The molecule has 1 aromatic carbocycles. The summed E-state index contributed by atoms with van der Waals surface area (Å²) in [4.78, 5) is 13.5. The Labute approximate surface area is 125 Å². The number of rotatable bonds is 4. The van der Waals surface area contributed by atoms with Crippen molar-refractivity contribution in [1.29, 1.82) is 0 Å². The number of hydrogen-bond donors (Lipinski definition) is 2. The van der Waals surface area contributed by atoms with Crippen LogP contribution in [0, 0.1) is 0 Å². The van der Waals surface area contributed by atoms with Crippen molar-refractivity contribution in [3.8, 4) is 11.5 Å². The number of hydrogen-bond acceptors (Lipinski definition) is 4. The summed E-state index contributed by atoms with van der Waals surface area (Å²) in [6.45, 7) is 2.67. The molecule has 5 nitrogen and oxygen atoms in total. The van der Waals surface area contributed by atoms with Crippen molar-refractivity contribution in [3.63, 3.8) is 0 Å². The zero-order valence-electron chi connectivity index (χ0n) is 12.6. The molecule has 0 amide bonds. The number of carbonyl (C=O) groups is 1. The van der Waals surface area contributed by atoms with Crippen LogP contribution < -0.4 is 4.74 Å². The summed E-state index contributed by atoms with van der Waals surface area (Å²) in [7, 11) is 1.58. The highest BCUT2D eigenvalue weighted by Gasteiger charge is 2.32. The number of likely N-dealkylation sites (tertiary alicyclic amines) is 1. The lowest BCUT2D eigenvalue weighted by Crippen LogP contribution is -2.42. The molecule has 1 heterocycles. The second kappa shape index (κ2) is 6.80. The van der Waals surface area contributed by atoms with E-state index in [1.54, 1.807) is 25.3 Å². The fraction of sp³-hybridized carbons (Fsp3) is 0.562. The van der Waals surface area contributed by atoms with Crippen molar-refractivity contribution in [3.05, 3.63) is 23.8 Å². The number of methoxy groups -OCH3 is 1. The van der Waals surface area contributed by atoms with Crippen LogP contribution in [-0.2, 0) is 4.79 Å². The number of nitrogens with zero attached hydrogens (tertiary/aromatic N) is 1. The number of aliphatic carboxylic acids is 1. The lowest BCUT2D eigenvalue weighted by molar-refractivity contribution is -0.144. The summed E-state index contributed by atoms with van der Waals surface area (Å²) in [6, 6.07) is 4.41. The standard InChI is InChI=1S/C16H23NO4/c1-11(13-10-12(21-2)7-8-15(13)18)17-9-5-3-4-6-14(17)16(19)20/h7-8,10-11,14,18H,3-6,9H2,1-2H3,(H,19,20). The molecule has 2 rings (SSSR count). The fourth-order valence-corrected chi connectivity index (χ4v) is 3.03. The Kier molecular flexibility index (Phi) is 5.07. The summed E-state index contributed by atoms with van der Waals surface area (Å²) < 4.78 is 5.20. The van der Waals surface area contributed by atoms with Crippen molar-refractivity contribution in [2.24, 2.45) is 0 Å². The van der Waals surface area contributed by atoms with Gasteiger partial charge in [0.25, 0.3) is 0 Å². The van der Waals surface area contributed by atoms with Gasteiger partial charge >= 0.3 is 5.97 Å². The molecular formula is C16H23NO4. The maximum Gasteiger partial charge on any atom is 0.320 e. The molecule has 0 spiro atoms. The Balaban J connectivity index is 2.31. The quantitative estimate of drug-likeness (QED) is 0.893. The van der Waals surface area contributed by atoms with Gasteiger partial charge in [-0.2, -0.15) is 0 Å². The summed E-state index contributed by atoms with van der Waals surface area (Å²) >= 11 is 0. The molecule has 2 atom stereocenters. The van der Waals surface area contributed by atoms with Gasteiger partial charge in [0.1, 0.15) is 17.5 Å². The summed E-state index contributed by atoms with van der Waals surface area (Å²) in [6.07, 6.45) is 3.63. The Bertz CT molecular complexity index is 503. The van der Waals surface area contributed by atoms with Crippen LogP contribution in [0.25, 0.3) is 0 Å². The molecule has 0 radical (unpaired) electrons. The first-order chi connectivity index (χ1) is 10.0. The number of ether oxygens (including phenoxy) is 1. The first kappa shape index (κ1) is 15.6. The second-order valence-corrected chi connectivity index (χ2v) is 5.54. The van der Waals surface area contributed by atoms with E-state index in [9.17, 15) is 15.0 Å². The molecular weight excluding hydrogens is 270 g/mol. The van der Waals surface area contributed by atoms with Crippen LogP contribution >= 0.6 is 0 Å². The molecule has 1 aliphatic heterocycles. The van der Waals surface area contributed by atoms with E-state index in [1.165, 1.54) is 0 Å². The third-order valence-electron chi connectivity index (χ3n) is 4.26. The van der Waals surface area contributed by atoms with E-state index in [2.05, 4.69) is 0 Å². The minimum atomic E-state index is -0.786. The lowest BCUT2D eigenvalue weighted by atomic mass is 10.0. The smallest absolute Gasteiger partial charge is 0.320 e. The molecule has 0 bridgehead atoms. The molecule has 1 aromatic rings. The topological polar surface area (TPSA) is 70.0 Å². The summed E-state index contributed by atoms with van der Waals surface area (Å²) in [5.74, 6) is 0.0548. The van der Waals surface area contributed by atoms with Crippen LogP contribution in [0.4, 0.5) is 0 Å². The van der Waals surface area contributed by atoms with Crippen molar-refractivity contribution in [2.45, 2.75) is 44.7 Å². The molecule has 0 aliphatic carbocycles. The van der Waals surface area contributed by atoms with Gasteiger partial charge < -0.3 is 14.9 Å².